The molecule has 6 N–H and O–H groups in total. The van der Waals surface area contributed by atoms with E-state index in [0.29, 0.717) is 75.4 Å². The number of hydrogen-bond donors (Lipinski definition) is 5. The minimum absolute atomic E-state index is 0.195. The number of alkyl carbamates (subject to hydrolysis) is 1. The molecule has 4 aromatic heterocycles. The third-order valence-electron chi connectivity index (χ3n) is 15.8. The van der Waals surface area contributed by atoms with Crippen LogP contribution in [0.25, 0.3) is 11.3 Å². The fourth-order valence-electron chi connectivity index (χ4n) is 11.7. The van der Waals surface area contributed by atoms with Gasteiger partial charge in [0.15, 0.2) is 11.3 Å². The van der Waals surface area contributed by atoms with Crippen LogP contribution in [0.2, 0.25) is 15.2 Å². The Morgan fingerprint density at radius 1 is 0.683 bits per heavy atom. The zero-order valence-electron chi connectivity index (χ0n) is 46.7. The summed E-state index contributed by atoms with van der Waals surface area (Å²) >= 11 is 18.5. The van der Waals surface area contributed by atoms with Crippen LogP contribution in [-0.4, -0.2) is 143 Å². The Labute approximate surface area is 492 Å². The number of rotatable bonds is 10. The first kappa shape index (κ1) is 59.2. The summed E-state index contributed by atoms with van der Waals surface area (Å²) in [6.45, 7) is 14.5. The Balaban J connectivity index is 0.000000151. The number of halogens is 3. The van der Waals surface area contributed by atoms with E-state index >= 15 is 0 Å². The van der Waals surface area contributed by atoms with Crippen LogP contribution in [0.4, 0.5) is 22.0 Å². The van der Waals surface area contributed by atoms with E-state index in [0.717, 1.165) is 106 Å². The fraction of sp³-hybridized carbons (Fsp3) is 0.509. The summed E-state index contributed by atoms with van der Waals surface area (Å²) in [5.41, 5.74) is 11.2. The third-order valence-corrected chi connectivity index (χ3v) is 17.8. The summed E-state index contributed by atoms with van der Waals surface area (Å²) in [5.74, 6) is 2.78. The molecule has 2 aliphatic carbocycles. The van der Waals surface area contributed by atoms with Crippen molar-refractivity contribution in [2.24, 2.45) is 29.4 Å². The SMILES string of the molecule is CC(C)(C)OC(=O)NC1[C@H]2CNC[C@@H]12.Cc1cn2nc([C@@H]3CCCCN3C(=O)c3cc(Cl)ccc3NS(C)(=O)=O)cc2nc1Cl.Cc1cn2nc([C@@H]3CCCCN3C(=O)c3cc(Cl)ccc3NS(C)(=O)=O)cc2nc1N1C[C@@H]2C(N)[C@@H]2C1. The highest BCUT2D eigenvalue weighted by Crippen LogP contribution is 2.46. The van der Waals surface area contributed by atoms with E-state index in [2.05, 4.69) is 35.1 Å². The zero-order chi connectivity index (χ0) is 58.7. The highest BCUT2D eigenvalue weighted by molar-refractivity contribution is 7.92. The second-order valence-electron chi connectivity index (χ2n) is 23.3. The van der Waals surface area contributed by atoms with Gasteiger partial charge in [0.1, 0.15) is 16.6 Å². The number of aromatic nitrogens is 6. The lowest BCUT2D eigenvalue weighted by Crippen LogP contribution is -2.39. The molecule has 2 saturated carbocycles. The van der Waals surface area contributed by atoms with Gasteiger partial charge in [-0.2, -0.15) is 10.2 Å². The van der Waals surface area contributed by atoms with Gasteiger partial charge in [-0.3, -0.25) is 19.0 Å². The lowest BCUT2D eigenvalue weighted by molar-refractivity contribution is 0.0516. The maximum atomic E-state index is 13.8. The van der Waals surface area contributed by atoms with Crippen LogP contribution < -0.4 is 30.7 Å². The number of carbonyl (C=O) groups excluding carboxylic acids is 3. The Morgan fingerprint density at radius 3 is 1.63 bits per heavy atom. The van der Waals surface area contributed by atoms with Gasteiger partial charge in [0.2, 0.25) is 20.0 Å². The monoisotopic (exact) mass is 1220 g/mol. The van der Waals surface area contributed by atoms with Gasteiger partial charge in [-0.05, 0) is 133 Å². The molecule has 22 nitrogen and oxygen atoms in total. The summed E-state index contributed by atoms with van der Waals surface area (Å²) in [6, 6.07) is 13.0. The average molecular weight is 1220 g/mol. The second kappa shape index (κ2) is 23.2. The van der Waals surface area contributed by atoms with Crippen molar-refractivity contribution in [3.63, 3.8) is 0 Å². The topological polar surface area (TPSA) is 273 Å². The van der Waals surface area contributed by atoms with Gasteiger partial charge in [-0.15, -0.1) is 0 Å². The molecule has 6 aromatic rings. The van der Waals surface area contributed by atoms with Crippen molar-refractivity contribution >= 4 is 101 Å². The molecule has 8 heterocycles. The number of sulfonamides is 2. The molecule has 2 aromatic carbocycles. The number of nitrogens with two attached hydrogens (primary N) is 1. The molecule has 12 rings (SSSR count). The van der Waals surface area contributed by atoms with Gasteiger partial charge >= 0.3 is 6.09 Å². The standard InChI is InChI=1S/C25H30ClN7O3S.C20H21Cl2N5O3S.C10H18N2O2/c1-14-11-33-22(28-24(14)31-12-17-18(13-31)23(17)27)10-20(29-33)21-5-3-4-8-32(21)25(34)16-9-15(26)6-7-19(16)30-37(2,35)36;1-12-11-27-18(23-19(12)22)10-16(24-27)17-5-3-4-8-26(17)20(28)14-9-13(21)6-7-15(14)25-31(2,29)30;1-10(2,3)14-9(13)12-8-6-4-11-5-7(6)8/h6-7,9-11,17-18,21,23,30H,3-5,8,12-13,27H2,1-2H3;6-7,9-11,17,25H,3-5,8H2,1-2H3;6-8,11H,4-5H2,1-3H3,(H,12,13)/t17-,18+,21-,23?;17-;6-,7+,8?/m00./s1. The van der Waals surface area contributed by atoms with Crippen LogP contribution in [0.1, 0.15) is 115 Å². The van der Waals surface area contributed by atoms with Gasteiger partial charge in [-0.1, -0.05) is 34.8 Å². The van der Waals surface area contributed by atoms with Crippen molar-refractivity contribution in [3.8, 4) is 0 Å². The molecule has 440 valence electrons. The number of ether oxygens (including phenoxy) is 1. The first-order valence-corrected chi connectivity index (χ1v) is 32.4. The third kappa shape index (κ3) is 13.5. The molecule has 82 heavy (non-hydrogen) atoms. The van der Waals surface area contributed by atoms with Crippen molar-refractivity contribution in [3.05, 3.63) is 110 Å². The highest BCUT2D eigenvalue weighted by atomic mass is 35.5. The lowest BCUT2D eigenvalue weighted by atomic mass is 9.98. The van der Waals surface area contributed by atoms with Crippen molar-refractivity contribution < 1.29 is 36.0 Å². The maximum absolute atomic E-state index is 13.8. The van der Waals surface area contributed by atoms with Gasteiger partial charge in [-0.25, -0.2) is 40.6 Å². The van der Waals surface area contributed by atoms with Crippen LogP contribution in [0, 0.1) is 37.5 Å². The predicted octanol–water partition coefficient (Wildman–Crippen LogP) is 7.64. The van der Waals surface area contributed by atoms with E-state index in [1.54, 1.807) is 37.2 Å². The van der Waals surface area contributed by atoms with E-state index in [9.17, 15) is 31.2 Å². The van der Waals surface area contributed by atoms with Crippen molar-refractivity contribution in [1.82, 2.24) is 49.6 Å². The van der Waals surface area contributed by atoms with Gasteiger partial charge in [0.25, 0.3) is 11.8 Å². The first-order chi connectivity index (χ1) is 38.7. The Kier molecular flexibility index (Phi) is 16.7. The van der Waals surface area contributed by atoms with E-state index < -0.39 is 25.6 Å². The smallest absolute Gasteiger partial charge is 0.407 e. The van der Waals surface area contributed by atoms with Gasteiger partial charge < -0.3 is 35.8 Å². The predicted molar refractivity (Wildman–Crippen MR) is 316 cm³/mol. The number of piperidine rings is 4. The van der Waals surface area contributed by atoms with Crippen molar-refractivity contribution in [2.45, 2.75) is 103 Å². The highest BCUT2D eigenvalue weighted by Gasteiger charge is 2.55. The van der Waals surface area contributed by atoms with Crippen LogP contribution >= 0.6 is 34.8 Å². The van der Waals surface area contributed by atoms with Crippen molar-refractivity contribution in [1.29, 1.82) is 0 Å². The number of fused-ring (bicyclic) bond motifs is 4. The van der Waals surface area contributed by atoms with Gasteiger partial charge in [0.05, 0.1) is 58.5 Å². The van der Waals surface area contributed by atoms with Gasteiger partial charge in [0, 0.05) is 97.1 Å². The van der Waals surface area contributed by atoms with Crippen LogP contribution in [0.5, 0.6) is 0 Å². The number of aryl methyl sites for hydroxylation is 2. The Hall–Kier alpha value is -6.02. The number of hydrogen-bond acceptors (Lipinski definition) is 15. The second-order valence-corrected chi connectivity index (χ2v) is 28.1. The molecule has 4 saturated heterocycles. The number of carbonyl (C=O) groups is 3. The molecule has 6 aliphatic rings. The molecule has 4 aliphatic heterocycles. The van der Waals surface area contributed by atoms with Crippen molar-refractivity contribution in [2.75, 3.05) is 66.1 Å². The minimum Gasteiger partial charge on any atom is -0.444 e. The Morgan fingerprint density at radius 2 is 1.16 bits per heavy atom. The normalized spacial score (nSPS) is 23.9. The first-order valence-electron chi connectivity index (χ1n) is 27.5. The summed E-state index contributed by atoms with van der Waals surface area (Å²) in [7, 11) is -7.15. The largest absolute Gasteiger partial charge is 0.444 e. The summed E-state index contributed by atoms with van der Waals surface area (Å²) in [4.78, 5) is 53.8. The van der Waals surface area contributed by atoms with Crippen LogP contribution in [0.15, 0.2) is 60.9 Å². The van der Waals surface area contributed by atoms with Crippen LogP contribution in [0.3, 0.4) is 0 Å². The Bertz CT molecular complexity index is 3630. The lowest BCUT2D eigenvalue weighted by Gasteiger charge is -2.35. The number of anilines is 3. The van der Waals surface area contributed by atoms with E-state index in [1.807, 2.05) is 52.9 Å². The van der Waals surface area contributed by atoms with E-state index in [4.69, 9.17) is 55.4 Å². The number of nitrogens with one attached hydrogen (secondary N) is 4. The molecule has 8 atom stereocenters. The molecule has 0 radical (unpaired) electrons. The quantitative estimate of drug-likeness (QED) is 0.0825. The summed E-state index contributed by atoms with van der Waals surface area (Å²) in [6.07, 6.45) is 10.7. The molecule has 3 amide bonds. The average Bonchev–Trinajstić information content (AvgIpc) is 4.05. The molecule has 6 fully saturated rings. The zero-order valence-corrected chi connectivity index (χ0v) is 50.6. The molecule has 0 bridgehead atoms. The molecule has 2 unspecified atom stereocenters. The number of nitrogens with zero attached hydrogens (tertiary/aromatic N) is 9. The maximum Gasteiger partial charge on any atom is 0.407 e. The number of likely N-dealkylation sites (tertiary alicyclic amines) is 2. The number of amides is 3. The fourth-order valence-corrected chi connectivity index (χ4v) is 13.4. The minimum atomic E-state index is -3.58. The molecule has 27 heteroatoms. The summed E-state index contributed by atoms with van der Waals surface area (Å²) in [5, 5.41) is 16.7. The molecular weight excluding hydrogens is 1160 g/mol. The van der Waals surface area contributed by atoms with Crippen LogP contribution in [-0.2, 0) is 24.8 Å². The van der Waals surface area contributed by atoms with E-state index in [1.165, 1.54) is 24.3 Å². The number of benzene rings is 2. The summed E-state index contributed by atoms with van der Waals surface area (Å²) < 4.78 is 60.8. The van der Waals surface area contributed by atoms with E-state index in [-0.39, 0.29) is 52.5 Å². The molecule has 0 spiro atoms. The molecular formula is C55H69Cl3N14O8S2.